The van der Waals surface area contributed by atoms with Gasteiger partial charge in [-0.3, -0.25) is 14.6 Å². The van der Waals surface area contributed by atoms with Gasteiger partial charge in [-0.25, -0.2) is 4.39 Å². The van der Waals surface area contributed by atoms with Crippen molar-refractivity contribution in [2.45, 2.75) is 113 Å². The van der Waals surface area contributed by atoms with Crippen LogP contribution in [0, 0.1) is 17.8 Å². The molecule has 3 aliphatic carbocycles. The van der Waals surface area contributed by atoms with Gasteiger partial charge in [0.05, 0.1) is 48.1 Å². The van der Waals surface area contributed by atoms with Crippen LogP contribution in [0.1, 0.15) is 63.5 Å². The minimum atomic E-state index is -1.23. The first-order valence-corrected chi connectivity index (χ1v) is 17.8. The Morgan fingerprint density at radius 1 is 1.02 bits per heavy atom. The minimum Gasteiger partial charge on any atom is -0.374 e. The second-order valence-electron chi connectivity index (χ2n) is 15.0. The van der Waals surface area contributed by atoms with Crippen molar-refractivity contribution in [3.63, 3.8) is 0 Å². The Balaban J connectivity index is 1.15. The molecule has 46 heavy (non-hydrogen) atoms. The van der Waals surface area contributed by atoms with E-state index in [1.165, 1.54) is 19.3 Å². The van der Waals surface area contributed by atoms with Crippen molar-refractivity contribution in [2.24, 2.45) is 17.8 Å². The summed E-state index contributed by atoms with van der Waals surface area (Å²) in [6.45, 7) is 2.15. The maximum atomic E-state index is 16.2. The van der Waals surface area contributed by atoms with Crippen LogP contribution in [0.25, 0.3) is 0 Å². The van der Waals surface area contributed by atoms with Crippen molar-refractivity contribution in [1.29, 1.82) is 0 Å². The molecule has 11 unspecified atom stereocenters. The fourth-order valence-corrected chi connectivity index (χ4v) is 9.58. The van der Waals surface area contributed by atoms with Crippen LogP contribution in [0.3, 0.4) is 0 Å². The van der Waals surface area contributed by atoms with Crippen LogP contribution < -0.4 is 5.32 Å². The number of hydrogen-bond acceptors (Lipinski definition) is 8. The highest BCUT2D eigenvalue weighted by Gasteiger charge is 2.61. The first-order valence-electron chi connectivity index (χ1n) is 17.8. The van der Waals surface area contributed by atoms with E-state index in [1.807, 2.05) is 24.4 Å². The molecule has 1 aromatic rings. The van der Waals surface area contributed by atoms with E-state index in [9.17, 15) is 9.59 Å². The molecule has 0 aromatic carbocycles. The molecule has 0 bridgehead atoms. The molecule has 1 amide bonds. The van der Waals surface area contributed by atoms with E-state index in [1.54, 1.807) is 18.1 Å². The zero-order chi connectivity index (χ0) is 31.9. The van der Waals surface area contributed by atoms with E-state index < -0.39 is 24.2 Å². The number of fused-ring (bicyclic) bond motifs is 5. The van der Waals surface area contributed by atoms with Gasteiger partial charge >= 0.3 is 0 Å². The lowest BCUT2D eigenvalue weighted by atomic mass is 9.67. The zero-order valence-electron chi connectivity index (χ0n) is 27.7. The third-order valence-electron chi connectivity index (χ3n) is 11.9. The number of likely N-dealkylation sites (N-methyl/N-ethyl adjacent to an activating group) is 1. The number of carbonyl (C=O) groups excluding carboxylic acids is 2. The number of rotatable bonds is 10. The molecule has 0 radical (unpaired) electrons. The Kier molecular flexibility index (Phi) is 9.52. The van der Waals surface area contributed by atoms with Gasteiger partial charge in [0.1, 0.15) is 6.17 Å². The highest BCUT2D eigenvalue weighted by atomic mass is 19.1. The van der Waals surface area contributed by atoms with Gasteiger partial charge in [0, 0.05) is 44.0 Å². The predicted molar refractivity (Wildman–Crippen MR) is 173 cm³/mol. The summed E-state index contributed by atoms with van der Waals surface area (Å²) < 4.78 is 29.9. The Labute approximate surface area is 273 Å². The summed E-state index contributed by atoms with van der Waals surface area (Å²) in [4.78, 5) is 38.5. The van der Waals surface area contributed by atoms with E-state index in [0.717, 1.165) is 44.3 Å². The van der Waals surface area contributed by atoms with Crippen molar-refractivity contribution >= 4 is 11.7 Å². The second kappa shape index (κ2) is 13.6. The van der Waals surface area contributed by atoms with Gasteiger partial charge < -0.3 is 29.5 Å². The Morgan fingerprint density at radius 2 is 1.87 bits per heavy atom. The van der Waals surface area contributed by atoms with E-state index in [4.69, 9.17) is 9.47 Å². The maximum absolute atomic E-state index is 16.2. The molecule has 1 aromatic heterocycles. The summed E-state index contributed by atoms with van der Waals surface area (Å²) in [5.41, 5.74) is 1.07. The summed E-state index contributed by atoms with van der Waals surface area (Å²) in [5, 5.41) is 3.54. The van der Waals surface area contributed by atoms with E-state index in [2.05, 4.69) is 34.2 Å². The van der Waals surface area contributed by atoms with E-state index in [0.29, 0.717) is 37.5 Å². The van der Waals surface area contributed by atoms with Gasteiger partial charge in [-0.2, -0.15) is 0 Å². The highest BCUT2D eigenvalue weighted by molar-refractivity contribution is 6.20. The van der Waals surface area contributed by atoms with Gasteiger partial charge in [-0.05, 0) is 96.1 Å². The molecule has 3 saturated carbocycles. The fourth-order valence-electron chi connectivity index (χ4n) is 9.58. The number of pyridine rings is 1. The van der Waals surface area contributed by atoms with Crippen molar-refractivity contribution in [2.75, 3.05) is 40.8 Å². The Hall–Kier alpha value is -2.40. The third-order valence-corrected chi connectivity index (χ3v) is 11.9. The van der Waals surface area contributed by atoms with Gasteiger partial charge in [0.15, 0.2) is 5.78 Å². The van der Waals surface area contributed by atoms with Crippen molar-refractivity contribution < 1.29 is 23.5 Å². The lowest BCUT2D eigenvalue weighted by Gasteiger charge is -2.60. The minimum absolute atomic E-state index is 0.00298. The molecule has 6 aliphatic rings. The van der Waals surface area contributed by atoms with Crippen LogP contribution in [0.15, 0.2) is 36.2 Å². The number of unbranched alkanes of at least 4 members (excludes halogenated alkanes) is 1. The van der Waals surface area contributed by atoms with Crippen LogP contribution in [0.2, 0.25) is 0 Å². The molecule has 2 saturated heterocycles. The number of ketones is 1. The van der Waals surface area contributed by atoms with E-state index in [-0.39, 0.29) is 48.0 Å². The van der Waals surface area contributed by atoms with Gasteiger partial charge in [0.25, 0.3) is 5.91 Å². The molecule has 252 valence electrons. The number of ether oxygens (including phenoxy) is 2. The first kappa shape index (κ1) is 32.2. The average molecular weight is 638 g/mol. The van der Waals surface area contributed by atoms with Crippen LogP contribution in [0.5, 0.6) is 0 Å². The molecular weight excluding hydrogens is 585 g/mol. The summed E-state index contributed by atoms with van der Waals surface area (Å²) >= 11 is 0. The lowest BCUT2D eigenvalue weighted by molar-refractivity contribution is -0.209. The smallest absolute Gasteiger partial charge is 0.258 e. The monoisotopic (exact) mass is 637 g/mol. The summed E-state index contributed by atoms with van der Waals surface area (Å²) in [5.74, 6) is -0.136. The number of nitrogens with zero attached hydrogens (tertiary/aromatic N) is 4. The number of alkyl halides is 1. The number of amides is 1. The quantitative estimate of drug-likeness (QED) is 0.309. The molecule has 5 fully saturated rings. The van der Waals surface area contributed by atoms with E-state index >= 15 is 4.39 Å². The van der Waals surface area contributed by atoms with Gasteiger partial charge in [0.2, 0.25) is 0 Å². The van der Waals surface area contributed by atoms with Crippen LogP contribution in [0.4, 0.5) is 4.39 Å². The standard InChI is InChI=1S/C36H52FN5O4/c1-40(2)16-9-8-15-39-32-27(37)18-25-33-35(32)46-31-19-24-23-11-4-5-12-29(23)45-30(24)20-28(31)42(33)21-26(34(25)43)36(44)41(3)17-13-22-10-6-7-14-38-22/h6-7,10,14,21,23-25,27-33,35,39H,4-5,8-9,11-13,15-20H2,1-3H3. The molecule has 9 nitrogen and oxygen atoms in total. The summed E-state index contributed by atoms with van der Waals surface area (Å²) in [7, 11) is 5.88. The molecule has 1 N–H and O–H groups in total. The predicted octanol–water partition coefficient (Wildman–Crippen LogP) is 3.38. The largest absolute Gasteiger partial charge is 0.374 e. The van der Waals surface area contributed by atoms with Crippen molar-refractivity contribution in [3.05, 3.63) is 41.9 Å². The van der Waals surface area contributed by atoms with Crippen molar-refractivity contribution in [1.82, 2.24) is 25.0 Å². The number of nitrogens with one attached hydrogen (secondary N) is 1. The Morgan fingerprint density at radius 3 is 2.67 bits per heavy atom. The zero-order valence-corrected chi connectivity index (χ0v) is 27.7. The Bertz CT molecular complexity index is 1280. The number of hydrogen-bond donors (Lipinski definition) is 1. The molecule has 10 heteroatoms. The fraction of sp³-hybridized carbons (Fsp3) is 0.750. The van der Waals surface area contributed by atoms with Crippen LogP contribution in [-0.2, 0) is 25.5 Å². The average Bonchev–Trinajstić information content (AvgIpc) is 3.42. The van der Waals surface area contributed by atoms with Crippen LogP contribution >= 0.6 is 0 Å². The molecule has 0 spiro atoms. The normalized spacial score (nSPS) is 38.0. The molecule has 3 aliphatic heterocycles. The number of carbonyl (C=O) groups is 2. The molecule has 11 atom stereocenters. The van der Waals surface area contributed by atoms with Gasteiger partial charge in [-0.15, -0.1) is 0 Å². The first-order chi connectivity index (χ1) is 22.3. The van der Waals surface area contributed by atoms with Crippen molar-refractivity contribution in [3.8, 4) is 0 Å². The molecular formula is C36H52FN5O4. The molecule has 7 rings (SSSR count). The van der Waals surface area contributed by atoms with Gasteiger partial charge in [-0.1, -0.05) is 18.9 Å². The number of halogens is 1. The molecule has 4 heterocycles. The van der Waals surface area contributed by atoms with Crippen LogP contribution in [-0.4, -0.2) is 121 Å². The number of morpholine rings is 1. The summed E-state index contributed by atoms with van der Waals surface area (Å²) in [6, 6.07) is 4.96. The SMILES string of the molecule is CN(C)CCCCNC1C(F)CC2C(=O)C(C(=O)N(C)CCc3ccccn3)=CN3C4CC5OC6CCCCC6C5CC4OC1C23. The lowest BCUT2D eigenvalue weighted by Crippen LogP contribution is -2.73. The third kappa shape index (κ3) is 6.15. The topological polar surface area (TPSA) is 87.2 Å². The second-order valence-corrected chi connectivity index (χ2v) is 15.0. The number of Topliss-reactive ketones (excluding diaryl/α,β-unsaturated/α-hetero) is 1. The maximum Gasteiger partial charge on any atom is 0.258 e. The highest BCUT2D eigenvalue weighted by Crippen LogP contribution is 2.52. The number of aromatic nitrogens is 1. The summed E-state index contributed by atoms with van der Waals surface area (Å²) in [6.07, 6.45) is 11.5.